The van der Waals surface area contributed by atoms with Crippen LogP contribution in [-0.4, -0.2) is 7.69 Å². The average Bonchev–Trinajstić information content (AvgIpc) is 2.67. The molecule has 2 aliphatic rings. The maximum Gasteiger partial charge on any atom is 0.657 e. The molecule has 55 valence electrons. The van der Waals surface area contributed by atoms with Crippen molar-refractivity contribution in [3.8, 4) is 0 Å². The lowest BCUT2D eigenvalue weighted by atomic mass is 10.4. The minimum atomic E-state index is 1.25. The van der Waals surface area contributed by atoms with Gasteiger partial charge in [-0.15, -0.1) is 0 Å². The molecule has 0 N–H and O–H groups in total. The van der Waals surface area contributed by atoms with E-state index < -0.39 is 0 Å². The summed E-state index contributed by atoms with van der Waals surface area (Å²) in [5.74, 6) is 0. The Hall–Kier alpha value is -0.595. The van der Waals surface area contributed by atoms with E-state index in [0.29, 0.717) is 0 Å². The fraction of sp³-hybridized carbons (Fsp3) is 0.714. The summed E-state index contributed by atoms with van der Waals surface area (Å²) in [7, 11) is 1.25. The first-order valence-corrected chi connectivity index (χ1v) is 3.78. The maximum atomic E-state index is 4.42. The van der Waals surface area contributed by atoms with E-state index in [0.717, 1.165) is 0 Å². The van der Waals surface area contributed by atoms with Crippen LogP contribution >= 0.6 is 0 Å². The van der Waals surface area contributed by atoms with Crippen LogP contribution in [0.2, 0.25) is 0 Å². The molecular formula is C7H12BO2. The van der Waals surface area contributed by atoms with E-state index in [-0.39, 0.29) is 0 Å². The molecular weight excluding hydrogens is 127 g/mol. The maximum absolute atomic E-state index is 4.42. The largest absolute Gasteiger partial charge is 0.657 e. The zero-order chi connectivity index (χ0) is 7.07. The quantitative estimate of drug-likeness (QED) is 0.477. The van der Waals surface area contributed by atoms with Gasteiger partial charge >= 0.3 is 7.69 Å². The first kappa shape index (κ1) is 7.51. The van der Waals surface area contributed by atoms with Gasteiger partial charge in [0.2, 0.25) is 0 Å². The van der Waals surface area contributed by atoms with Crippen LogP contribution < -0.4 is 0 Å². The highest BCUT2D eigenvalue weighted by molar-refractivity contribution is 6.19. The van der Waals surface area contributed by atoms with E-state index in [2.05, 4.69) is 9.31 Å². The molecule has 2 nitrogen and oxygen atoms in total. The van der Waals surface area contributed by atoms with Crippen molar-refractivity contribution in [1.82, 2.24) is 0 Å². The van der Waals surface area contributed by atoms with E-state index in [1.807, 2.05) is 0 Å². The molecule has 0 spiro atoms. The Morgan fingerprint density at radius 1 is 0.800 bits per heavy atom. The second-order valence-corrected chi connectivity index (χ2v) is 2.41. The van der Waals surface area contributed by atoms with Gasteiger partial charge in [0, 0.05) is 0 Å². The topological polar surface area (TPSA) is 18.5 Å². The van der Waals surface area contributed by atoms with Crippen LogP contribution in [0.1, 0.15) is 32.1 Å². The molecule has 0 bridgehead atoms. The molecule has 3 heteroatoms. The second kappa shape index (κ2) is 5.21. The second-order valence-electron chi connectivity index (χ2n) is 2.41. The molecule has 1 aliphatic carbocycles. The van der Waals surface area contributed by atoms with Crippen LogP contribution in [0.5, 0.6) is 0 Å². The predicted molar refractivity (Wildman–Crippen MR) is 40.1 cm³/mol. The smallest absolute Gasteiger partial charge is 0.530 e. The van der Waals surface area contributed by atoms with Gasteiger partial charge in [-0.05, 0) is 0 Å². The summed E-state index contributed by atoms with van der Waals surface area (Å²) in [6.07, 6.45) is 10.4. The lowest BCUT2D eigenvalue weighted by molar-refractivity contribution is 0.444. The van der Waals surface area contributed by atoms with Gasteiger partial charge in [-0.2, -0.15) is 0 Å². The first-order chi connectivity index (χ1) is 5.00. The summed E-state index contributed by atoms with van der Waals surface area (Å²) < 4.78 is 8.83. The molecule has 10 heavy (non-hydrogen) atoms. The molecule has 0 aromatic heterocycles. The van der Waals surface area contributed by atoms with Crippen LogP contribution in [-0.2, 0) is 9.31 Å². The van der Waals surface area contributed by atoms with E-state index in [1.54, 1.807) is 0 Å². The van der Waals surface area contributed by atoms with E-state index >= 15 is 0 Å². The summed E-state index contributed by atoms with van der Waals surface area (Å²) >= 11 is 0. The Bertz CT molecular complexity index is 86.2. The lowest BCUT2D eigenvalue weighted by Gasteiger charge is -1.75. The van der Waals surface area contributed by atoms with Crippen LogP contribution in [0, 0.1) is 0 Å². The highest BCUT2D eigenvalue weighted by atomic mass is 16.6. The standard InChI is InChI=1S/C5H10.C2H2BO2/c1-2-4-5-3-1;1-2-5-3-4-1/h1-5H2;1-2H. The third kappa shape index (κ3) is 3.43. The van der Waals surface area contributed by atoms with E-state index in [9.17, 15) is 0 Å². The Morgan fingerprint density at radius 3 is 1.40 bits per heavy atom. The minimum Gasteiger partial charge on any atom is -0.530 e. The number of hydrogen-bond acceptors (Lipinski definition) is 2. The third-order valence-corrected chi connectivity index (χ3v) is 1.57. The van der Waals surface area contributed by atoms with Gasteiger partial charge in [0.1, 0.15) is 0 Å². The fourth-order valence-corrected chi connectivity index (χ4v) is 1.04. The van der Waals surface area contributed by atoms with Crippen LogP contribution in [0.3, 0.4) is 0 Å². The van der Waals surface area contributed by atoms with Gasteiger partial charge in [-0.1, -0.05) is 32.1 Å². The first-order valence-electron chi connectivity index (χ1n) is 3.78. The molecule has 0 amide bonds. The monoisotopic (exact) mass is 139 g/mol. The fourth-order valence-electron chi connectivity index (χ4n) is 1.04. The molecule has 2 rings (SSSR count). The predicted octanol–water partition coefficient (Wildman–Crippen LogP) is 1.99. The van der Waals surface area contributed by atoms with Crippen LogP contribution in [0.4, 0.5) is 0 Å². The summed E-state index contributed by atoms with van der Waals surface area (Å²) in [6, 6.07) is 0. The zero-order valence-corrected chi connectivity index (χ0v) is 6.08. The van der Waals surface area contributed by atoms with Crippen LogP contribution in [0.15, 0.2) is 12.5 Å². The van der Waals surface area contributed by atoms with Gasteiger partial charge in [0.05, 0.1) is 12.5 Å². The molecule has 1 radical (unpaired) electrons. The van der Waals surface area contributed by atoms with Gasteiger partial charge < -0.3 is 9.31 Å². The van der Waals surface area contributed by atoms with Gasteiger partial charge in [-0.25, -0.2) is 0 Å². The van der Waals surface area contributed by atoms with Gasteiger partial charge in [0.15, 0.2) is 0 Å². The molecule has 1 heterocycles. The molecule has 1 saturated carbocycles. The highest BCUT2D eigenvalue weighted by Crippen LogP contribution is 2.15. The minimum absolute atomic E-state index is 1.25. The number of hydrogen-bond donors (Lipinski definition) is 0. The van der Waals surface area contributed by atoms with Gasteiger partial charge in [0.25, 0.3) is 0 Å². The summed E-state index contributed by atoms with van der Waals surface area (Å²) in [5.41, 5.74) is 0. The molecule has 1 fully saturated rings. The zero-order valence-electron chi connectivity index (χ0n) is 6.08. The Morgan fingerprint density at radius 2 is 1.20 bits per heavy atom. The van der Waals surface area contributed by atoms with Crippen molar-refractivity contribution in [2.75, 3.05) is 0 Å². The van der Waals surface area contributed by atoms with E-state index in [4.69, 9.17) is 0 Å². The van der Waals surface area contributed by atoms with Crippen molar-refractivity contribution in [3.05, 3.63) is 12.5 Å². The Kier molecular flexibility index (Phi) is 3.91. The summed E-state index contributed by atoms with van der Waals surface area (Å²) in [4.78, 5) is 0. The normalized spacial score (nSPS) is 20.0. The average molecular weight is 139 g/mol. The Balaban J connectivity index is 0.0000001000. The van der Waals surface area contributed by atoms with Crippen molar-refractivity contribution in [1.29, 1.82) is 0 Å². The van der Waals surface area contributed by atoms with Crippen molar-refractivity contribution in [2.45, 2.75) is 32.1 Å². The lowest BCUT2D eigenvalue weighted by Crippen LogP contribution is -1.82. The highest BCUT2D eigenvalue weighted by Gasteiger charge is 1.95. The SMILES string of the molecule is C1CCCC1.[B]1OC=CO1. The van der Waals surface area contributed by atoms with Gasteiger partial charge in [-0.3, -0.25) is 0 Å². The molecule has 1 aliphatic heterocycles. The molecule has 0 saturated heterocycles. The Labute approximate surface area is 62.5 Å². The van der Waals surface area contributed by atoms with Crippen molar-refractivity contribution in [3.63, 3.8) is 0 Å². The van der Waals surface area contributed by atoms with E-state index in [1.165, 1.54) is 52.3 Å². The van der Waals surface area contributed by atoms with Crippen molar-refractivity contribution < 1.29 is 9.31 Å². The van der Waals surface area contributed by atoms with Crippen LogP contribution in [0.25, 0.3) is 0 Å². The molecule has 0 atom stereocenters. The summed E-state index contributed by atoms with van der Waals surface area (Å²) in [5, 5.41) is 0. The molecule has 0 unspecified atom stereocenters. The molecule has 0 aromatic rings. The van der Waals surface area contributed by atoms with Crippen molar-refractivity contribution >= 4 is 7.69 Å². The third-order valence-electron chi connectivity index (χ3n) is 1.57. The number of rotatable bonds is 0. The van der Waals surface area contributed by atoms with Crippen molar-refractivity contribution in [2.24, 2.45) is 0 Å². The summed E-state index contributed by atoms with van der Waals surface area (Å²) in [6.45, 7) is 0. The molecule has 0 aromatic carbocycles.